The lowest BCUT2D eigenvalue weighted by Crippen LogP contribution is -2.59. The molecule has 6 rings (SSSR count). The number of halogens is 2. The van der Waals surface area contributed by atoms with Gasteiger partial charge in [-0.1, -0.05) is 36.4 Å². The van der Waals surface area contributed by atoms with Gasteiger partial charge in [0.05, 0.1) is 12.1 Å². The standard InChI is InChI=1S/C28H25F2N3O5/c29-19-8-7-18(21(30)13-19)14-31-25(35)20-15-33-22(24(23(20)34)38-16-17-5-2-1-3-6-17)26(36)32-11-4-12-37-27(32)28(33)9-10-28/h1-3,5-8,13,15,27H,4,9-12,14,16H2,(H,31,35). The molecular weight excluding hydrogens is 496 g/mol. The van der Waals surface area contributed by atoms with Crippen molar-refractivity contribution in [2.24, 2.45) is 0 Å². The van der Waals surface area contributed by atoms with Gasteiger partial charge in [-0.05, 0) is 30.9 Å². The normalized spacial score (nSPS) is 19.1. The predicted molar refractivity (Wildman–Crippen MR) is 132 cm³/mol. The minimum Gasteiger partial charge on any atom is -0.483 e. The van der Waals surface area contributed by atoms with Crippen molar-refractivity contribution in [2.45, 2.75) is 44.2 Å². The van der Waals surface area contributed by atoms with Gasteiger partial charge < -0.3 is 24.3 Å². The third-order valence-electron chi connectivity index (χ3n) is 7.36. The summed E-state index contributed by atoms with van der Waals surface area (Å²) in [5, 5.41) is 2.54. The molecule has 1 saturated heterocycles. The molecule has 3 aromatic rings. The summed E-state index contributed by atoms with van der Waals surface area (Å²) >= 11 is 0. The van der Waals surface area contributed by atoms with Gasteiger partial charge >= 0.3 is 0 Å². The number of carbonyl (C=O) groups excluding carboxylic acids is 2. The average Bonchev–Trinajstić information content (AvgIpc) is 3.72. The van der Waals surface area contributed by atoms with Crippen LogP contribution in [-0.4, -0.2) is 40.7 Å². The van der Waals surface area contributed by atoms with Crippen LogP contribution in [0.2, 0.25) is 0 Å². The Hall–Kier alpha value is -4.05. The van der Waals surface area contributed by atoms with Crippen LogP contribution in [0.5, 0.6) is 5.75 Å². The fourth-order valence-electron chi connectivity index (χ4n) is 5.27. The molecule has 1 spiro atoms. The third kappa shape index (κ3) is 4.05. The van der Waals surface area contributed by atoms with Crippen molar-refractivity contribution in [3.05, 3.63) is 99.0 Å². The van der Waals surface area contributed by atoms with Gasteiger partial charge in [0, 0.05) is 30.9 Å². The van der Waals surface area contributed by atoms with Gasteiger partial charge in [-0.15, -0.1) is 0 Å². The molecule has 10 heteroatoms. The molecule has 2 aliphatic heterocycles. The minimum absolute atomic E-state index is 0.0230. The van der Waals surface area contributed by atoms with E-state index in [2.05, 4.69) is 5.32 Å². The first-order chi connectivity index (χ1) is 18.4. The summed E-state index contributed by atoms with van der Waals surface area (Å²) in [6, 6.07) is 12.2. The quantitative estimate of drug-likeness (QED) is 0.538. The first-order valence-electron chi connectivity index (χ1n) is 12.5. The van der Waals surface area contributed by atoms with Gasteiger partial charge in [-0.2, -0.15) is 0 Å². The Morgan fingerprint density at radius 2 is 1.92 bits per heavy atom. The zero-order valence-electron chi connectivity index (χ0n) is 20.4. The van der Waals surface area contributed by atoms with E-state index in [0.717, 1.165) is 17.7 Å². The fraction of sp³-hybridized carbons (Fsp3) is 0.321. The number of nitrogens with one attached hydrogen (secondary N) is 1. The predicted octanol–water partition coefficient (Wildman–Crippen LogP) is 3.33. The number of carbonyl (C=O) groups is 2. The highest BCUT2D eigenvalue weighted by atomic mass is 19.1. The lowest BCUT2D eigenvalue weighted by Gasteiger charge is -2.46. The SMILES string of the molecule is O=C(NCc1ccc(F)cc1F)c1cn2c(c(OCc3ccccc3)c1=O)C(=O)N1CCCOC1C21CC1. The summed E-state index contributed by atoms with van der Waals surface area (Å²) < 4.78 is 41.0. The maximum Gasteiger partial charge on any atom is 0.276 e. The zero-order chi connectivity index (χ0) is 26.4. The van der Waals surface area contributed by atoms with E-state index in [4.69, 9.17) is 9.47 Å². The molecule has 1 N–H and O–H groups in total. The number of hydrogen-bond acceptors (Lipinski definition) is 5. The first-order valence-corrected chi connectivity index (χ1v) is 12.5. The number of aromatic nitrogens is 1. The summed E-state index contributed by atoms with van der Waals surface area (Å²) in [7, 11) is 0. The molecule has 0 bridgehead atoms. The number of amides is 2. The van der Waals surface area contributed by atoms with Crippen LogP contribution in [0.25, 0.3) is 0 Å². The molecular formula is C28H25F2N3O5. The van der Waals surface area contributed by atoms with E-state index < -0.39 is 34.7 Å². The van der Waals surface area contributed by atoms with Gasteiger partial charge in [-0.25, -0.2) is 8.78 Å². The molecule has 38 heavy (non-hydrogen) atoms. The summed E-state index contributed by atoms with van der Waals surface area (Å²) in [6.45, 7) is 0.786. The second-order valence-corrected chi connectivity index (χ2v) is 9.79. The van der Waals surface area contributed by atoms with Crippen molar-refractivity contribution < 1.29 is 27.8 Å². The van der Waals surface area contributed by atoms with Crippen LogP contribution in [0.15, 0.2) is 59.5 Å². The maximum absolute atomic E-state index is 14.1. The van der Waals surface area contributed by atoms with Crippen LogP contribution in [0.4, 0.5) is 8.78 Å². The largest absolute Gasteiger partial charge is 0.483 e. The lowest BCUT2D eigenvalue weighted by atomic mass is 10.0. The molecule has 2 aromatic carbocycles. The van der Waals surface area contributed by atoms with Crippen molar-refractivity contribution in [1.82, 2.24) is 14.8 Å². The van der Waals surface area contributed by atoms with E-state index >= 15 is 0 Å². The Bertz CT molecular complexity index is 1490. The molecule has 196 valence electrons. The molecule has 8 nitrogen and oxygen atoms in total. The van der Waals surface area contributed by atoms with Crippen LogP contribution in [0, 0.1) is 11.6 Å². The molecule has 1 saturated carbocycles. The molecule has 3 aliphatic rings. The van der Waals surface area contributed by atoms with Crippen molar-refractivity contribution >= 4 is 11.8 Å². The Morgan fingerprint density at radius 3 is 2.66 bits per heavy atom. The minimum atomic E-state index is -0.809. The number of rotatable bonds is 6. The zero-order valence-corrected chi connectivity index (χ0v) is 20.4. The van der Waals surface area contributed by atoms with Gasteiger partial charge in [0.2, 0.25) is 5.43 Å². The molecule has 1 atom stereocenters. The van der Waals surface area contributed by atoms with Crippen molar-refractivity contribution in [1.29, 1.82) is 0 Å². The van der Waals surface area contributed by atoms with E-state index in [1.807, 2.05) is 30.3 Å². The van der Waals surface area contributed by atoms with Gasteiger partial charge in [0.15, 0.2) is 17.7 Å². The molecule has 2 fully saturated rings. The summed E-state index contributed by atoms with van der Waals surface area (Å²) in [5.74, 6) is -2.88. The molecule has 1 aliphatic carbocycles. The van der Waals surface area contributed by atoms with E-state index in [9.17, 15) is 23.2 Å². The number of fused-ring (bicyclic) bond motifs is 4. The Balaban J connectivity index is 1.40. The monoisotopic (exact) mass is 521 g/mol. The molecule has 3 heterocycles. The van der Waals surface area contributed by atoms with Crippen LogP contribution >= 0.6 is 0 Å². The second-order valence-electron chi connectivity index (χ2n) is 9.79. The van der Waals surface area contributed by atoms with Crippen molar-refractivity contribution in [3.63, 3.8) is 0 Å². The number of nitrogens with zero attached hydrogens (tertiary/aromatic N) is 2. The van der Waals surface area contributed by atoms with Crippen LogP contribution < -0.4 is 15.5 Å². The Labute approximate surface area is 216 Å². The summed E-state index contributed by atoms with van der Waals surface area (Å²) in [5.41, 5.74) is -0.603. The Morgan fingerprint density at radius 1 is 1.13 bits per heavy atom. The number of ether oxygens (including phenoxy) is 2. The molecule has 0 radical (unpaired) electrons. The highest BCUT2D eigenvalue weighted by Crippen LogP contribution is 2.53. The highest BCUT2D eigenvalue weighted by Gasteiger charge is 2.60. The van der Waals surface area contributed by atoms with Crippen LogP contribution in [-0.2, 0) is 23.4 Å². The first kappa shape index (κ1) is 24.3. The topological polar surface area (TPSA) is 89.9 Å². The summed E-state index contributed by atoms with van der Waals surface area (Å²) in [4.78, 5) is 42.2. The van der Waals surface area contributed by atoms with E-state index in [1.165, 1.54) is 12.3 Å². The lowest BCUT2D eigenvalue weighted by molar-refractivity contribution is -0.120. The van der Waals surface area contributed by atoms with E-state index in [-0.39, 0.29) is 41.6 Å². The van der Waals surface area contributed by atoms with Crippen LogP contribution in [0.3, 0.4) is 0 Å². The average molecular weight is 522 g/mol. The second kappa shape index (κ2) is 9.36. The smallest absolute Gasteiger partial charge is 0.276 e. The highest BCUT2D eigenvalue weighted by molar-refractivity contribution is 5.99. The fourth-order valence-corrected chi connectivity index (χ4v) is 5.27. The van der Waals surface area contributed by atoms with E-state index in [1.54, 1.807) is 9.47 Å². The van der Waals surface area contributed by atoms with Gasteiger partial charge in [0.1, 0.15) is 23.8 Å². The molecule has 1 aromatic heterocycles. The van der Waals surface area contributed by atoms with E-state index in [0.29, 0.717) is 32.4 Å². The van der Waals surface area contributed by atoms with Crippen molar-refractivity contribution in [2.75, 3.05) is 13.2 Å². The maximum atomic E-state index is 14.1. The van der Waals surface area contributed by atoms with Gasteiger partial charge in [-0.3, -0.25) is 14.4 Å². The van der Waals surface area contributed by atoms with Crippen LogP contribution in [0.1, 0.15) is 51.2 Å². The summed E-state index contributed by atoms with van der Waals surface area (Å²) in [6.07, 6.45) is 2.99. The van der Waals surface area contributed by atoms with Gasteiger partial charge in [0.25, 0.3) is 11.8 Å². The third-order valence-corrected chi connectivity index (χ3v) is 7.36. The Kier molecular flexibility index (Phi) is 5.98. The number of benzene rings is 2. The molecule has 1 unspecified atom stereocenters. The number of pyridine rings is 1. The molecule has 2 amide bonds. The van der Waals surface area contributed by atoms with Crippen molar-refractivity contribution in [3.8, 4) is 5.75 Å². The number of hydrogen-bond donors (Lipinski definition) is 1.